The van der Waals surface area contributed by atoms with Crippen molar-refractivity contribution >= 4 is 76.2 Å². The van der Waals surface area contributed by atoms with E-state index in [0.717, 1.165) is 56.2 Å². The Hall–Kier alpha value is -5.13. The van der Waals surface area contributed by atoms with E-state index in [1.54, 1.807) is 64.6 Å². The van der Waals surface area contributed by atoms with Gasteiger partial charge in [-0.05, 0) is 79.6 Å². The molecule has 5 rings (SSSR count). The molecule has 3 amide bonds. The van der Waals surface area contributed by atoms with E-state index < -0.39 is 28.3 Å². The standard InChI is InChI=1S/C26H37N7O4.C14H17Cl2NO5/c1-7-30-12-10-26(16-30)11-13-31(17-26)19-8-9-20(21(14-19)33(35)36)32(24(34)37-25(2,3)4)23-15-22(29(5)6)27-18-28-23;1-14(2,3)22-13(19)17(7-18)12-10(15)8(20-4)6-9(21-5)11(12)16/h8-9,14-15,18H,7,10-13,16-17H2,1-6H3;6-7H,1-5H3. The number of imide groups is 1. The molecular weight excluding hydrogens is 807 g/mol. The maximum Gasteiger partial charge on any atom is 0.421 e. The molecular formula is C40H54Cl2N8O9. The monoisotopic (exact) mass is 860 g/mol. The number of ether oxygens (including phenoxy) is 4. The minimum atomic E-state index is -0.915. The van der Waals surface area contributed by atoms with Crippen molar-refractivity contribution < 1.29 is 38.3 Å². The van der Waals surface area contributed by atoms with Crippen molar-refractivity contribution in [3.8, 4) is 11.5 Å². The van der Waals surface area contributed by atoms with Crippen LogP contribution in [0.25, 0.3) is 0 Å². The van der Waals surface area contributed by atoms with Crippen molar-refractivity contribution in [3.63, 3.8) is 0 Å². The third-order valence-corrected chi connectivity index (χ3v) is 10.3. The van der Waals surface area contributed by atoms with Gasteiger partial charge in [0.25, 0.3) is 5.69 Å². The molecule has 1 aromatic heterocycles. The molecule has 3 aromatic rings. The second kappa shape index (κ2) is 18.8. The zero-order chi connectivity index (χ0) is 44.0. The van der Waals surface area contributed by atoms with Crippen LogP contribution in [0.4, 0.5) is 44.0 Å². The van der Waals surface area contributed by atoms with Gasteiger partial charge in [-0.25, -0.2) is 29.4 Å². The van der Waals surface area contributed by atoms with Crippen LogP contribution < -0.4 is 29.1 Å². The molecule has 2 fully saturated rings. The minimum Gasteiger partial charge on any atom is -0.495 e. The summed E-state index contributed by atoms with van der Waals surface area (Å²) >= 11 is 12.3. The summed E-state index contributed by atoms with van der Waals surface area (Å²) in [4.78, 5) is 65.5. The van der Waals surface area contributed by atoms with E-state index in [2.05, 4.69) is 26.7 Å². The number of nitro groups is 1. The fourth-order valence-electron chi connectivity index (χ4n) is 6.74. The summed E-state index contributed by atoms with van der Waals surface area (Å²) in [7, 11) is 6.40. The summed E-state index contributed by atoms with van der Waals surface area (Å²) in [5, 5.41) is 12.3. The molecule has 1 spiro atoms. The molecule has 1 atom stereocenters. The fraction of sp³-hybridized carbons (Fsp3) is 0.525. The largest absolute Gasteiger partial charge is 0.495 e. The Labute approximate surface area is 355 Å². The van der Waals surface area contributed by atoms with Gasteiger partial charge in [0, 0.05) is 63.0 Å². The van der Waals surface area contributed by atoms with Gasteiger partial charge < -0.3 is 33.6 Å². The molecule has 3 heterocycles. The highest BCUT2D eigenvalue weighted by Crippen LogP contribution is 2.46. The summed E-state index contributed by atoms with van der Waals surface area (Å²) < 4.78 is 21.0. The molecule has 17 nitrogen and oxygen atoms in total. The SMILES string of the molecule is CCN1CCC2(CCN(c3ccc(N(C(=O)OC(C)(C)C)c4cc(N(C)C)ncn4)c([N+](=O)[O-])c3)C2)C1.COc1cc(OC)c(Cl)c(N(C=O)C(=O)OC(C)(C)C)c1Cl. The summed E-state index contributed by atoms with van der Waals surface area (Å²) in [5.41, 5.74) is -0.740. The summed E-state index contributed by atoms with van der Waals surface area (Å²) in [6.45, 7) is 17.4. The van der Waals surface area contributed by atoms with Gasteiger partial charge >= 0.3 is 12.2 Å². The summed E-state index contributed by atoms with van der Waals surface area (Å²) in [6.07, 6.45) is 2.13. The van der Waals surface area contributed by atoms with Crippen LogP contribution in [0, 0.1) is 15.5 Å². The third kappa shape index (κ3) is 11.3. The zero-order valence-corrected chi connectivity index (χ0v) is 37.0. The molecule has 2 aromatic carbocycles. The number of carbonyl (C=O) groups is 3. The van der Waals surface area contributed by atoms with E-state index in [1.165, 1.54) is 26.6 Å². The lowest BCUT2D eigenvalue weighted by atomic mass is 9.86. The Morgan fingerprint density at radius 3 is 1.98 bits per heavy atom. The van der Waals surface area contributed by atoms with Crippen molar-refractivity contribution in [3.05, 3.63) is 56.8 Å². The Balaban J connectivity index is 0.000000299. The van der Waals surface area contributed by atoms with Crippen molar-refractivity contribution in [2.45, 2.75) is 72.5 Å². The molecule has 0 radical (unpaired) electrons. The molecule has 2 aliphatic heterocycles. The van der Waals surface area contributed by atoms with Crippen molar-refractivity contribution in [1.82, 2.24) is 14.9 Å². The predicted octanol–water partition coefficient (Wildman–Crippen LogP) is 8.35. The number of halogens is 2. The van der Waals surface area contributed by atoms with Crippen LogP contribution in [0.1, 0.15) is 61.3 Å². The number of nitro benzene ring substituents is 1. The van der Waals surface area contributed by atoms with Crippen LogP contribution in [0.3, 0.4) is 0 Å². The molecule has 19 heteroatoms. The molecule has 0 aliphatic carbocycles. The topological polar surface area (TPSA) is 173 Å². The highest BCUT2D eigenvalue weighted by Gasteiger charge is 2.43. The number of benzene rings is 2. The number of hydrogen-bond acceptors (Lipinski definition) is 14. The van der Waals surface area contributed by atoms with Gasteiger partial charge in [-0.3, -0.25) is 14.9 Å². The van der Waals surface area contributed by atoms with Crippen LogP contribution in [0.15, 0.2) is 36.7 Å². The number of carbonyl (C=O) groups excluding carboxylic acids is 3. The number of amides is 3. The number of rotatable bonds is 10. The second-order valence-corrected chi connectivity index (χ2v) is 17.1. The van der Waals surface area contributed by atoms with E-state index in [0.29, 0.717) is 10.7 Å². The average Bonchev–Trinajstić information content (AvgIpc) is 3.78. The maximum atomic E-state index is 13.4. The first-order chi connectivity index (χ1) is 27.6. The molecule has 1 unspecified atom stereocenters. The van der Waals surface area contributed by atoms with Crippen molar-refractivity contribution in [1.29, 1.82) is 0 Å². The van der Waals surface area contributed by atoms with Crippen LogP contribution in [-0.4, -0.2) is 111 Å². The Morgan fingerprint density at radius 2 is 1.47 bits per heavy atom. The lowest BCUT2D eigenvalue weighted by molar-refractivity contribution is -0.384. The quantitative estimate of drug-likeness (QED) is 0.108. The highest BCUT2D eigenvalue weighted by molar-refractivity contribution is 6.42. The number of anilines is 5. The first-order valence-electron chi connectivity index (χ1n) is 18.9. The molecule has 0 saturated carbocycles. The van der Waals surface area contributed by atoms with E-state index in [-0.39, 0.29) is 56.2 Å². The van der Waals surface area contributed by atoms with Gasteiger partial charge in [0.1, 0.15) is 56.4 Å². The minimum absolute atomic E-state index is 0.00809. The molecule has 0 bridgehead atoms. The molecule has 0 N–H and O–H groups in total. The number of nitrogens with zero attached hydrogens (tertiary/aromatic N) is 8. The highest BCUT2D eigenvalue weighted by atomic mass is 35.5. The van der Waals surface area contributed by atoms with Crippen molar-refractivity contribution in [2.75, 3.05) is 80.6 Å². The summed E-state index contributed by atoms with van der Waals surface area (Å²) in [5.74, 6) is 1.15. The van der Waals surface area contributed by atoms with Crippen LogP contribution in [0.2, 0.25) is 10.0 Å². The van der Waals surface area contributed by atoms with Gasteiger partial charge in [-0.15, -0.1) is 0 Å². The van der Waals surface area contributed by atoms with Gasteiger partial charge in [-0.2, -0.15) is 0 Å². The second-order valence-electron chi connectivity index (χ2n) is 16.4. The third-order valence-electron chi connectivity index (χ3n) is 9.55. The molecule has 2 saturated heterocycles. The Bertz CT molecular complexity index is 2000. The lowest BCUT2D eigenvalue weighted by Gasteiger charge is -2.28. The molecule has 322 valence electrons. The van der Waals surface area contributed by atoms with E-state index in [1.807, 2.05) is 20.2 Å². The van der Waals surface area contributed by atoms with E-state index >= 15 is 0 Å². The predicted molar refractivity (Wildman–Crippen MR) is 228 cm³/mol. The number of likely N-dealkylation sites (tertiary alicyclic amines) is 1. The maximum absolute atomic E-state index is 13.4. The fourth-order valence-corrected chi connectivity index (χ4v) is 7.42. The molecule has 2 aliphatic rings. The van der Waals surface area contributed by atoms with Crippen LogP contribution >= 0.6 is 23.2 Å². The van der Waals surface area contributed by atoms with Gasteiger partial charge in [0.15, 0.2) is 0 Å². The normalized spacial score (nSPS) is 16.5. The number of aromatic nitrogens is 2. The average molecular weight is 862 g/mol. The van der Waals surface area contributed by atoms with Gasteiger partial charge in [-0.1, -0.05) is 30.1 Å². The van der Waals surface area contributed by atoms with Crippen LogP contribution in [-0.2, 0) is 14.3 Å². The van der Waals surface area contributed by atoms with Crippen molar-refractivity contribution in [2.24, 2.45) is 5.41 Å². The molecule has 59 heavy (non-hydrogen) atoms. The van der Waals surface area contributed by atoms with Gasteiger partial charge in [0.05, 0.1) is 24.8 Å². The van der Waals surface area contributed by atoms with Crippen LogP contribution in [0.5, 0.6) is 11.5 Å². The smallest absolute Gasteiger partial charge is 0.421 e. The first-order valence-corrected chi connectivity index (χ1v) is 19.7. The Kier molecular flexibility index (Phi) is 14.9. The number of hydrogen-bond donors (Lipinski definition) is 0. The number of methoxy groups -OCH3 is 2. The summed E-state index contributed by atoms with van der Waals surface area (Å²) in [6, 6.07) is 8.08. The van der Waals surface area contributed by atoms with E-state index in [9.17, 15) is 24.5 Å². The first kappa shape index (κ1) is 46.6. The zero-order valence-electron chi connectivity index (χ0n) is 35.5. The van der Waals surface area contributed by atoms with E-state index in [4.69, 9.17) is 42.1 Å². The lowest BCUT2D eigenvalue weighted by Crippen LogP contribution is -2.36. The van der Waals surface area contributed by atoms with Gasteiger partial charge in [0.2, 0.25) is 6.41 Å². The Morgan fingerprint density at radius 1 is 0.898 bits per heavy atom.